The Morgan fingerprint density at radius 2 is 2.00 bits per heavy atom. The number of hydrogen-bond acceptors (Lipinski definition) is 3. The molecular formula is C12H25N3. The molecule has 15 heavy (non-hydrogen) atoms. The molecule has 0 aromatic heterocycles. The van der Waals surface area contributed by atoms with E-state index in [0.717, 1.165) is 13.1 Å². The first kappa shape index (κ1) is 12.7. The van der Waals surface area contributed by atoms with Crippen LogP contribution in [0, 0.1) is 0 Å². The van der Waals surface area contributed by atoms with E-state index >= 15 is 0 Å². The summed E-state index contributed by atoms with van der Waals surface area (Å²) in [6.45, 7) is 7.63. The van der Waals surface area contributed by atoms with E-state index in [2.05, 4.69) is 43.8 Å². The van der Waals surface area contributed by atoms with Crippen molar-refractivity contribution in [2.24, 2.45) is 5.73 Å². The van der Waals surface area contributed by atoms with Gasteiger partial charge in [-0.05, 0) is 47.5 Å². The third-order valence-electron chi connectivity index (χ3n) is 3.09. The average Bonchev–Trinajstić information content (AvgIpc) is 2.27. The van der Waals surface area contributed by atoms with Crippen LogP contribution in [0.25, 0.3) is 0 Å². The highest BCUT2D eigenvalue weighted by Crippen LogP contribution is 2.11. The smallest absolute Gasteiger partial charge is 0.0407 e. The highest BCUT2D eigenvalue weighted by molar-refractivity contribution is 5.05. The third kappa shape index (κ3) is 3.93. The molecule has 1 aliphatic rings. The molecular weight excluding hydrogens is 186 g/mol. The predicted molar refractivity (Wildman–Crippen MR) is 65.9 cm³/mol. The molecule has 2 unspecified atom stereocenters. The molecule has 3 heteroatoms. The monoisotopic (exact) mass is 211 g/mol. The second-order valence-corrected chi connectivity index (χ2v) is 4.99. The van der Waals surface area contributed by atoms with Gasteiger partial charge in [-0.3, -0.25) is 0 Å². The Kier molecular flexibility index (Phi) is 4.77. The zero-order chi connectivity index (χ0) is 11.4. The van der Waals surface area contributed by atoms with Crippen LogP contribution in [-0.4, -0.2) is 55.6 Å². The van der Waals surface area contributed by atoms with Crippen molar-refractivity contribution >= 4 is 0 Å². The van der Waals surface area contributed by atoms with E-state index in [-0.39, 0.29) is 6.04 Å². The van der Waals surface area contributed by atoms with Gasteiger partial charge in [0.15, 0.2) is 0 Å². The number of likely N-dealkylation sites (N-methyl/N-ethyl adjacent to an activating group) is 2. The highest BCUT2D eigenvalue weighted by Gasteiger charge is 2.24. The Morgan fingerprint density at radius 3 is 2.60 bits per heavy atom. The van der Waals surface area contributed by atoms with Crippen molar-refractivity contribution in [2.45, 2.75) is 32.4 Å². The summed E-state index contributed by atoms with van der Waals surface area (Å²) >= 11 is 0. The molecule has 0 aliphatic carbocycles. The van der Waals surface area contributed by atoms with Gasteiger partial charge in [-0.1, -0.05) is 11.6 Å². The van der Waals surface area contributed by atoms with Crippen molar-refractivity contribution in [1.82, 2.24) is 9.80 Å². The summed E-state index contributed by atoms with van der Waals surface area (Å²) < 4.78 is 0. The summed E-state index contributed by atoms with van der Waals surface area (Å²) in [4.78, 5) is 4.78. The molecule has 0 aromatic carbocycles. The van der Waals surface area contributed by atoms with E-state index in [4.69, 9.17) is 5.73 Å². The van der Waals surface area contributed by atoms with Crippen molar-refractivity contribution < 1.29 is 0 Å². The summed E-state index contributed by atoms with van der Waals surface area (Å²) in [5.74, 6) is 0. The molecule has 3 nitrogen and oxygen atoms in total. The topological polar surface area (TPSA) is 32.5 Å². The SMILES string of the molecule is CC(C)=CC(N)C1CN(C)CCCN1C. The molecule has 2 atom stereocenters. The van der Waals surface area contributed by atoms with Crippen molar-refractivity contribution in [3.8, 4) is 0 Å². The van der Waals surface area contributed by atoms with E-state index < -0.39 is 0 Å². The summed E-state index contributed by atoms with van der Waals surface area (Å²) in [7, 11) is 4.36. The van der Waals surface area contributed by atoms with Crippen molar-refractivity contribution in [2.75, 3.05) is 33.7 Å². The van der Waals surface area contributed by atoms with Crippen LogP contribution in [0.4, 0.5) is 0 Å². The van der Waals surface area contributed by atoms with Crippen molar-refractivity contribution in [1.29, 1.82) is 0 Å². The first-order valence-electron chi connectivity index (χ1n) is 5.80. The lowest BCUT2D eigenvalue weighted by atomic mass is 10.1. The Hall–Kier alpha value is -0.380. The van der Waals surface area contributed by atoms with Crippen LogP contribution in [0.2, 0.25) is 0 Å². The van der Waals surface area contributed by atoms with Crippen LogP contribution < -0.4 is 5.73 Å². The van der Waals surface area contributed by atoms with Gasteiger partial charge in [0.25, 0.3) is 0 Å². The number of hydrogen-bond donors (Lipinski definition) is 1. The van der Waals surface area contributed by atoms with Gasteiger partial charge in [0.05, 0.1) is 0 Å². The molecule has 2 N–H and O–H groups in total. The van der Waals surface area contributed by atoms with Gasteiger partial charge < -0.3 is 15.5 Å². The summed E-state index contributed by atoms with van der Waals surface area (Å²) in [6.07, 6.45) is 3.42. The summed E-state index contributed by atoms with van der Waals surface area (Å²) in [6, 6.07) is 0.605. The normalized spacial score (nSPS) is 27.1. The quantitative estimate of drug-likeness (QED) is 0.689. The molecule has 0 amide bonds. The van der Waals surface area contributed by atoms with Crippen LogP contribution in [0.3, 0.4) is 0 Å². The van der Waals surface area contributed by atoms with Gasteiger partial charge in [0, 0.05) is 18.6 Å². The zero-order valence-corrected chi connectivity index (χ0v) is 10.5. The fourth-order valence-corrected chi connectivity index (χ4v) is 2.22. The maximum atomic E-state index is 6.23. The van der Waals surface area contributed by atoms with E-state index in [1.807, 2.05) is 0 Å². The van der Waals surface area contributed by atoms with Crippen LogP contribution >= 0.6 is 0 Å². The van der Waals surface area contributed by atoms with Crippen LogP contribution in [0.1, 0.15) is 20.3 Å². The van der Waals surface area contributed by atoms with Gasteiger partial charge in [0.1, 0.15) is 0 Å². The van der Waals surface area contributed by atoms with Gasteiger partial charge in [-0.25, -0.2) is 0 Å². The maximum Gasteiger partial charge on any atom is 0.0407 e. The Labute approximate surface area is 93.9 Å². The minimum Gasteiger partial charge on any atom is -0.323 e. The molecule has 1 aliphatic heterocycles. The average molecular weight is 211 g/mol. The number of allylic oxidation sites excluding steroid dienone is 1. The number of nitrogens with zero attached hydrogens (tertiary/aromatic N) is 2. The first-order chi connectivity index (χ1) is 7.00. The molecule has 0 aromatic rings. The lowest BCUT2D eigenvalue weighted by Gasteiger charge is -2.31. The second-order valence-electron chi connectivity index (χ2n) is 4.99. The molecule has 0 bridgehead atoms. The first-order valence-corrected chi connectivity index (χ1v) is 5.80. The Morgan fingerprint density at radius 1 is 1.33 bits per heavy atom. The molecule has 0 radical (unpaired) electrons. The van der Waals surface area contributed by atoms with Crippen molar-refractivity contribution in [3.05, 3.63) is 11.6 Å². The number of nitrogens with two attached hydrogens (primary N) is 1. The third-order valence-corrected chi connectivity index (χ3v) is 3.09. The van der Waals surface area contributed by atoms with Crippen LogP contribution in [0.15, 0.2) is 11.6 Å². The van der Waals surface area contributed by atoms with E-state index in [1.165, 1.54) is 18.5 Å². The van der Waals surface area contributed by atoms with Gasteiger partial charge in [-0.2, -0.15) is 0 Å². The van der Waals surface area contributed by atoms with E-state index in [1.54, 1.807) is 0 Å². The van der Waals surface area contributed by atoms with Crippen molar-refractivity contribution in [3.63, 3.8) is 0 Å². The molecule has 0 saturated carbocycles. The lowest BCUT2D eigenvalue weighted by molar-refractivity contribution is 0.210. The van der Waals surface area contributed by atoms with Gasteiger partial charge in [-0.15, -0.1) is 0 Å². The predicted octanol–water partition coefficient (Wildman–Crippen LogP) is 0.916. The molecule has 0 spiro atoms. The summed E-state index contributed by atoms with van der Waals surface area (Å²) in [5.41, 5.74) is 7.53. The molecule has 1 rings (SSSR count). The standard InChI is InChI=1S/C12H25N3/c1-10(2)8-11(13)12-9-14(3)6-5-7-15(12)4/h8,11-12H,5-7,9,13H2,1-4H3. The van der Waals surface area contributed by atoms with Crippen LogP contribution in [0.5, 0.6) is 0 Å². The maximum absolute atomic E-state index is 6.23. The molecule has 1 heterocycles. The lowest BCUT2D eigenvalue weighted by Crippen LogP contribution is -2.49. The fourth-order valence-electron chi connectivity index (χ4n) is 2.22. The minimum atomic E-state index is 0.153. The molecule has 88 valence electrons. The molecule has 1 fully saturated rings. The second kappa shape index (κ2) is 5.64. The van der Waals surface area contributed by atoms with Gasteiger partial charge in [0.2, 0.25) is 0 Å². The Balaban J connectivity index is 2.67. The highest BCUT2D eigenvalue weighted by atomic mass is 15.2. The largest absolute Gasteiger partial charge is 0.323 e. The molecule has 1 saturated heterocycles. The van der Waals surface area contributed by atoms with Gasteiger partial charge >= 0.3 is 0 Å². The fraction of sp³-hybridized carbons (Fsp3) is 0.833. The zero-order valence-electron chi connectivity index (χ0n) is 10.5. The number of rotatable bonds is 2. The minimum absolute atomic E-state index is 0.153. The summed E-state index contributed by atoms with van der Waals surface area (Å²) in [5, 5.41) is 0. The van der Waals surface area contributed by atoms with E-state index in [9.17, 15) is 0 Å². The Bertz CT molecular complexity index is 221. The van der Waals surface area contributed by atoms with Crippen LogP contribution in [-0.2, 0) is 0 Å². The van der Waals surface area contributed by atoms with E-state index in [0.29, 0.717) is 6.04 Å².